The Kier molecular flexibility index (Phi) is 7.26. The topological polar surface area (TPSA) is 18.1 Å². The predicted octanol–water partition coefficient (Wildman–Crippen LogP) is 15.7. The van der Waals surface area contributed by atoms with Gasteiger partial charge in [-0.15, -0.1) is 0 Å². The second-order valence-corrected chi connectivity index (χ2v) is 15.2. The quantitative estimate of drug-likeness (QED) is 0.161. The van der Waals surface area contributed by atoms with E-state index in [9.17, 15) is 0 Å². The van der Waals surface area contributed by atoms with Crippen molar-refractivity contribution in [1.29, 1.82) is 0 Å². The molecule has 270 valence electrons. The molecule has 0 N–H and O–H groups in total. The smallest absolute Gasteiger partial charge is 0.136 e. The molecule has 12 aromatic rings. The van der Waals surface area contributed by atoms with Gasteiger partial charge in [0.1, 0.15) is 11.2 Å². The molecule has 0 amide bonds. The molecule has 0 fully saturated rings. The average molecular weight is 738 g/mol. The van der Waals surface area contributed by atoms with Gasteiger partial charge in [-0.3, -0.25) is 0 Å². The molecule has 0 aliphatic rings. The number of hydrogen-bond acceptors (Lipinski definition) is 1. The summed E-state index contributed by atoms with van der Waals surface area (Å²) in [5.74, 6) is 0. The highest BCUT2D eigenvalue weighted by Gasteiger charge is 2.22. The summed E-state index contributed by atoms with van der Waals surface area (Å²) in [5.41, 5.74) is 14.6. The number of rotatable bonds is 5. The molecule has 0 aliphatic carbocycles. The fraction of sp³-hybridized carbons (Fsp3) is 0. The summed E-state index contributed by atoms with van der Waals surface area (Å²) in [6.45, 7) is 0. The Bertz CT molecular complexity index is 3440. The van der Waals surface area contributed by atoms with Crippen LogP contribution in [-0.4, -0.2) is 4.57 Å². The van der Waals surface area contributed by atoms with E-state index < -0.39 is 0 Å². The molecule has 12 rings (SSSR count). The van der Waals surface area contributed by atoms with E-state index in [1.54, 1.807) is 0 Å². The maximum Gasteiger partial charge on any atom is 0.136 e. The fourth-order valence-corrected chi connectivity index (χ4v) is 9.44. The number of nitrogens with zero attached hydrogens (tertiary/aromatic N) is 1. The van der Waals surface area contributed by atoms with Crippen molar-refractivity contribution in [1.82, 2.24) is 4.57 Å². The number of furan rings is 1. The summed E-state index contributed by atoms with van der Waals surface area (Å²) in [5, 5.41) is 9.63. The van der Waals surface area contributed by atoms with Gasteiger partial charge in [0.15, 0.2) is 0 Å². The van der Waals surface area contributed by atoms with Crippen LogP contribution in [0.3, 0.4) is 0 Å². The highest BCUT2D eigenvalue weighted by molar-refractivity contribution is 6.26. The lowest BCUT2D eigenvalue weighted by Gasteiger charge is -2.19. The first kappa shape index (κ1) is 32.6. The SMILES string of the molecule is c1ccc(-c2ccc3c(c2)oc2cc(-c4cccc(-n5c6ccccc6c6ccccc65)c4)cc(-c4c5ccccc5c(-c5ccccc5)c5ccccc45)c23)cc1. The molecule has 2 aromatic heterocycles. The number of para-hydroxylation sites is 2. The monoisotopic (exact) mass is 737 g/mol. The molecule has 0 saturated carbocycles. The summed E-state index contributed by atoms with van der Waals surface area (Å²) in [4.78, 5) is 0. The van der Waals surface area contributed by atoms with Crippen molar-refractivity contribution in [3.63, 3.8) is 0 Å². The van der Waals surface area contributed by atoms with Gasteiger partial charge in [0.05, 0.1) is 11.0 Å². The Labute approximate surface area is 335 Å². The summed E-state index contributed by atoms with van der Waals surface area (Å²) in [6.07, 6.45) is 0. The molecular weight excluding hydrogens is 703 g/mol. The molecule has 0 radical (unpaired) electrons. The molecule has 10 aromatic carbocycles. The Hall–Kier alpha value is -7.68. The van der Waals surface area contributed by atoms with Crippen molar-refractivity contribution in [3.8, 4) is 50.2 Å². The number of fused-ring (bicyclic) bond motifs is 8. The third-order valence-electron chi connectivity index (χ3n) is 12.0. The van der Waals surface area contributed by atoms with Crippen molar-refractivity contribution in [3.05, 3.63) is 212 Å². The van der Waals surface area contributed by atoms with Gasteiger partial charge in [-0.1, -0.05) is 164 Å². The van der Waals surface area contributed by atoms with E-state index >= 15 is 0 Å². The minimum Gasteiger partial charge on any atom is -0.456 e. The molecule has 0 bridgehead atoms. The van der Waals surface area contributed by atoms with Gasteiger partial charge in [-0.25, -0.2) is 0 Å². The van der Waals surface area contributed by atoms with Crippen molar-refractivity contribution in [2.75, 3.05) is 0 Å². The summed E-state index contributed by atoms with van der Waals surface area (Å²) < 4.78 is 9.36. The number of hydrogen-bond donors (Lipinski definition) is 0. The number of benzene rings is 10. The molecule has 0 saturated heterocycles. The van der Waals surface area contributed by atoms with Gasteiger partial charge in [0.2, 0.25) is 0 Å². The van der Waals surface area contributed by atoms with Crippen LogP contribution in [0.2, 0.25) is 0 Å². The zero-order valence-corrected chi connectivity index (χ0v) is 31.6. The molecule has 0 aliphatic heterocycles. The van der Waals surface area contributed by atoms with Crippen LogP contribution < -0.4 is 0 Å². The second-order valence-electron chi connectivity index (χ2n) is 15.2. The Balaban J connectivity index is 1.17. The Morgan fingerprint density at radius 1 is 0.293 bits per heavy atom. The standard InChI is InChI=1S/C56H35NO/c1-3-16-36(17-4-1)39-30-31-48-52(34-39)58-53-35-40(38-20-15-21-41(32-38)57-50-28-13-11-22-42(50)43-23-12-14-29-51(43)57)33-49(56(48)53)55-46-26-9-7-24-44(46)54(37-18-5-2-6-19-37)45-25-8-10-27-47(45)55/h1-35H. The number of aromatic nitrogens is 1. The Morgan fingerprint density at radius 3 is 1.43 bits per heavy atom. The van der Waals surface area contributed by atoms with Gasteiger partial charge >= 0.3 is 0 Å². The van der Waals surface area contributed by atoms with E-state index in [2.05, 4.69) is 217 Å². The molecule has 0 spiro atoms. The van der Waals surface area contributed by atoms with Crippen LogP contribution in [0.25, 0.3) is 115 Å². The maximum atomic E-state index is 6.97. The molecule has 0 atom stereocenters. The summed E-state index contributed by atoms with van der Waals surface area (Å²) in [6, 6.07) is 76.9. The van der Waals surface area contributed by atoms with Gasteiger partial charge in [-0.2, -0.15) is 0 Å². The highest BCUT2D eigenvalue weighted by atomic mass is 16.3. The van der Waals surface area contributed by atoms with E-state index in [0.29, 0.717) is 0 Å². The molecule has 2 heterocycles. The minimum atomic E-state index is 0.871. The van der Waals surface area contributed by atoms with Crippen molar-refractivity contribution in [2.45, 2.75) is 0 Å². The molecule has 2 nitrogen and oxygen atoms in total. The summed E-state index contributed by atoms with van der Waals surface area (Å²) in [7, 11) is 0. The van der Waals surface area contributed by atoms with Crippen LogP contribution in [0.5, 0.6) is 0 Å². The van der Waals surface area contributed by atoms with Crippen LogP contribution in [0, 0.1) is 0 Å². The van der Waals surface area contributed by atoms with E-state index in [4.69, 9.17) is 4.42 Å². The minimum absolute atomic E-state index is 0.871. The summed E-state index contributed by atoms with van der Waals surface area (Å²) >= 11 is 0. The Morgan fingerprint density at radius 2 is 0.793 bits per heavy atom. The molecule has 58 heavy (non-hydrogen) atoms. The predicted molar refractivity (Wildman–Crippen MR) is 245 cm³/mol. The normalized spacial score (nSPS) is 11.8. The van der Waals surface area contributed by atoms with Crippen LogP contribution in [0.15, 0.2) is 217 Å². The van der Waals surface area contributed by atoms with E-state index in [-0.39, 0.29) is 0 Å². The van der Waals surface area contributed by atoms with Crippen LogP contribution in [0.1, 0.15) is 0 Å². The zero-order chi connectivity index (χ0) is 38.2. The first-order chi connectivity index (χ1) is 28.8. The van der Waals surface area contributed by atoms with Gasteiger partial charge in [0, 0.05) is 27.2 Å². The van der Waals surface area contributed by atoms with Crippen molar-refractivity contribution < 1.29 is 4.42 Å². The second kappa shape index (κ2) is 12.9. The fourth-order valence-electron chi connectivity index (χ4n) is 9.44. The highest BCUT2D eigenvalue weighted by Crippen LogP contribution is 2.48. The van der Waals surface area contributed by atoms with Crippen molar-refractivity contribution >= 4 is 65.3 Å². The zero-order valence-electron chi connectivity index (χ0n) is 31.6. The lowest BCUT2D eigenvalue weighted by atomic mass is 9.84. The van der Waals surface area contributed by atoms with Crippen LogP contribution in [-0.2, 0) is 0 Å². The van der Waals surface area contributed by atoms with Crippen LogP contribution in [0.4, 0.5) is 0 Å². The third-order valence-corrected chi connectivity index (χ3v) is 12.0. The molecular formula is C56H35NO. The molecule has 2 heteroatoms. The largest absolute Gasteiger partial charge is 0.456 e. The maximum absolute atomic E-state index is 6.97. The first-order valence-electron chi connectivity index (χ1n) is 19.9. The average Bonchev–Trinajstić information content (AvgIpc) is 3.84. The third kappa shape index (κ3) is 4.99. The molecule has 0 unspecified atom stereocenters. The van der Waals surface area contributed by atoms with Gasteiger partial charge in [-0.05, 0) is 115 Å². The lowest BCUT2D eigenvalue weighted by Crippen LogP contribution is -1.94. The lowest BCUT2D eigenvalue weighted by molar-refractivity contribution is 0.669. The van der Waals surface area contributed by atoms with Gasteiger partial charge in [0.25, 0.3) is 0 Å². The van der Waals surface area contributed by atoms with Crippen molar-refractivity contribution in [2.24, 2.45) is 0 Å². The van der Waals surface area contributed by atoms with E-state index in [1.165, 1.54) is 65.6 Å². The van der Waals surface area contributed by atoms with Crippen LogP contribution >= 0.6 is 0 Å². The van der Waals surface area contributed by atoms with E-state index in [1.807, 2.05) is 0 Å². The first-order valence-corrected chi connectivity index (χ1v) is 19.9. The van der Waals surface area contributed by atoms with Gasteiger partial charge < -0.3 is 8.98 Å². The van der Waals surface area contributed by atoms with E-state index in [0.717, 1.165) is 49.9 Å².